The van der Waals surface area contributed by atoms with Crippen molar-refractivity contribution in [2.24, 2.45) is 5.41 Å². The van der Waals surface area contributed by atoms with E-state index in [2.05, 4.69) is 6.07 Å². The van der Waals surface area contributed by atoms with Crippen LogP contribution in [0, 0.1) is 5.41 Å². The Balaban J connectivity index is 0.00000218. The van der Waals surface area contributed by atoms with Gasteiger partial charge in [0.1, 0.15) is 0 Å². The van der Waals surface area contributed by atoms with Crippen LogP contribution in [0.5, 0.6) is 0 Å². The SMILES string of the molecule is O=C1c2ccccc2C(=O)C1(Cc1ccccc1)C[n+]1ccc2ccccc2c1.[I-]. The molecular formula is C26H20INO2. The Morgan fingerprint density at radius 3 is 1.90 bits per heavy atom. The zero-order chi connectivity index (χ0) is 19.8. The van der Waals surface area contributed by atoms with Crippen LogP contribution in [0.15, 0.2) is 97.3 Å². The highest BCUT2D eigenvalue weighted by molar-refractivity contribution is 6.29. The summed E-state index contributed by atoms with van der Waals surface area (Å²) in [6, 6.07) is 27.1. The van der Waals surface area contributed by atoms with Crippen molar-refractivity contribution in [2.45, 2.75) is 13.0 Å². The third-order valence-electron chi connectivity index (χ3n) is 5.83. The first-order valence-corrected chi connectivity index (χ1v) is 9.78. The lowest BCUT2D eigenvalue weighted by Gasteiger charge is -2.23. The second kappa shape index (κ2) is 8.11. The molecular weight excluding hydrogens is 485 g/mol. The van der Waals surface area contributed by atoms with Gasteiger partial charge in [-0.05, 0) is 23.4 Å². The molecule has 0 radical (unpaired) electrons. The van der Waals surface area contributed by atoms with E-state index >= 15 is 0 Å². The summed E-state index contributed by atoms with van der Waals surface area (Å²) in [7, 11) is 0. The van der Waals surface area contributed by atoms with Gasteiger partial charge in [-0.3, -0.25) is 9.59 Å². The summed E-state index contributed by atoms with van der Waals surface area (Å²) in [6.07, 6.45) is 4.37. The molecule has 5 rings (SSSR count). The molecule has 0 amide bonds. The van der Waals surface area contributed by atoms with Gasteiger partial charge < -0.3 is 24.0 Å². The summed E-state index contributed by atoms with van der Waals surface area (Å²) in [5.74, 6) is -0.162. The number of hydrogen-bond donors (Lipinski definition) is 0. The monoisotopic (exact) mass is 505 g/mol. The average Bonchev–Trinajstić information content (AvgIpc) is 2.97. The third kappa shape index (κ3) is 3.35. The Kier molecular flexibility index (Phi) is 5.52. The summed E-state index contributed by atoms with van der Waals surface area (Å²) in [5.41, 5.74) is 0.936. The number of benzene rings is 3. The normalized spacial score (nSPS) is 14.4. The van der Waals surface area contributed by atoms with Gasteiger partial charge in [-0.1, -0.05) is 72.8 Å². The second-order valence-electron chi connectivity index (χ2n) is 7.69. The van der Waals surface area contributed by atoms with Crippen molar-refractivity contribution in [2.75, 3.05) is 0 Å². The Labute approximate surface area is 192 Å². The number of ketones is 2. The van der Waals surface area contributed by atoms with Crippen molar-refractivity contribution in [3.05, 3.63) is 114 Å². The van der Waals surface area contributed by atoms with E-state index in [9.17, 15) is 9.59 Å². The number of Topliss-reactive ketones (excluding diaryl/α,β-unsaturated/α-hetero) is 2. The van der Waals surface area contributed by atoms with Crippen molar-refractivity contribution in [3.8, 4) is 0 Å². The fourth-order valence-electron chi connectivity index (χ4n) is 4.39. The predicted octanol–water partition coefficient (Wildman–Crippen LogP) is 1.44. The summed E-state index contributed by atoms with van der Waals surface area (Å²) < 4.78 is 1.98. The highest BCUT2D eigenvalue weighted by atomic mass is 127. The molecule has 1 aromatic heterocycles. The number of halogens is 1. The van der Waals surface area contributed by atoms with Crippen molar-refractivity contribution in [1.82, 2.24) is 0 Å². The fraction of sp³-hybridized carbons (Fsp3) is 0.115. The van der Waals surface area contributed by atoms with Crippen LogP contribution in [0.1, 0.15) is 26.3 Å². The van der Waals surface area contributed by atoms with Gasteiger partial charge in [0.15, 0.2) is 35.9 Å². The van der Waals surface area contributed by atoms with E-state index < -0.39 is 5.41 Å². The smallest absolute Gasteiger partial charge is 0.184 e. The minimum Gasteiger partial charge on any atom is -1.00 e. The van der Waals surface area contributed by atoms with Crippen LogP contribution >= 0.6 is 0 Å². The standard InChI is InChI=1S/C26H20NO2.HI/c28-24-22-12-6-7-13-23(22)25(29)26(24,16-19-8-2-1-3-9-19)18-27-15-14-20-10-4-5-11-21(20)17-27;/h1-15,17H,16,18H2;1H/q+1;/p-1. The fourth-order valence-corrected chi connectivity index (χ4v) is 4.39. The molecule has 0 saturated heterocycles. The number of aromatic nitrogens is 1. The quantitative estimate of drug-likeness (QED) is 0.239. The van der Waals surface area contributed by atoms with Gasteiger partial charge in [-0.2, -0.15) is 0 Å². The molecule has 4 aromatic rings. The molecule has 0 atom stereocenters. The third-order valence-corrected chi connectivity index (χ3v) is 5.83. The van der Waals surface area contributed by atoms with Crippen molar-refractivity contribution in [1.29, 1.82) is 0 Å². The minimum absolute atomic E-state index is 0. The first kappa shape index (κ1) is 20.4. The summed E-state index contributed by atoms with van der Waals surface area (Å²) in [6.45, 7) is 0.319. The van der Waals surface area contributed by atoms with Crippen LogP contribution in [-0.4, -0.2) is 11.6 Å². The molecule has 0 unspecified atom stereocenters. The number of nitrogens with zero attached hydrogens (tertiary/aromatic N) is 1. The zero-order valence-electron chi connectivity index (χ0n) is 16.3. The molecule has 1 aliphatic rings. The molecule has 0 saturated carbocycles. The lowest BCUT2D eigenvalue weighted by molar-refractivity contribution is -0.703. The maximum absolute atomic E-state index is 13.6. The predicted molar refractivity (Wildman–Crippen MR) is 112 cm³/mol. The zero-order valence-corrected chi connectivity index (χ0v) is 18.5. The van der Waals surface area contributed by atoms with Gasteiger partial charge in [0.2, 0.25) is 0 Å². The van der Waals surface area contributed by atoms with Gasteiger partial charge in [-0.25, -0.2) is 4.57 Å². The number of carbonyl (C=O) groups excluding carboxylic acids is 2. The largest absolute Gasteiger partial charge is 1.00 e. The topological polar surface area (TPSA) is 38.0 Å². The first-order chi connectivity index (χ1) is 14.2. The second-order valence-corrected chi connectivity index (χ2v) is 7.69. The van der Waals surface area contributed by atoms with Gasteiger partial charge in [0, 0.05) is 22.6 Å². The molecule has 1 aliphatic carbocycles. The van der Waals surface area contributed by atoms with Gasteiger partial charge in [0.05, 0.1) is 0 Å². The Morgan fingerprint density at radius 2 is 1.23 bits per heavy atom. The Morgan fingerprint density at radius 1 is 0.667 bits per heavy atom. The maximum atomic E-state index is 13.6. The molecule has 0 aliphatic heterocycles. The van der Waals surface area contributed by atoms with E-state index in [1.54, 1.807) is 12.1 Å². The lowest BCUT2D eigenvalue weighted by Crippen LogP contribution is -3.00. The van der Waals surface area contributed by atoms with Gasteiger partial charge >= 0.3 is 0 Å². The number of rotatable bonds is 4. The summed E-state index contributed by atoms with van der Waals surface area (Å²) in [5, 5.41) is 2.22. The van der Waals surface area contributed by atoms with Crippen LogP contribution in [0.3, 0.4) is 0 Å². The van der Waals surface area contributed by atoms with Crippen molar-refractivity contribution >= 4 is 22.3 Å². The molecule has 0 bridgehead atoms. The van der Waals surface area contributed by atoms with Gasteiger partial charge in [-0.15, -0.1) is 0 Å². The van der Waals surface area contributed by atoms with Crippen LogP contribution in [0.2, 0.25) is 0 Å². The van der Waals surface area contributed by atoms with Crippen molar-refractivity contribution in [3.63, 3.8) is 0 Å². The number of pyridine rings is 1. The van der Waals surface area contributed by atoms with Crippen LogP contribution in [0.4, 0.5) is 0 Å². The summed E-state index contributed by atoms with van der Waals surface area (Å²) >= 11 is 0. The molecule has 1 heterocycles. The van der Waals surface area contributed by atoms with Crippen LogP contribution < -0.4 is 28.5 Å². The molecule has 0 spiro atoms. The van der Waals surface area contributed by atoms with E-state index in [0.29, 0.717) is 24.1 Å². The molecule has 148 valence electrons. The molecule has 0 N–H and O–H groups in total. The van der Waals surface area contributed by atoms with E-state index in [0.717, 1.165) is 16.3 Å². The minimum atomic E-state index is -1.13. The molecule has 0 fully saturated rings. The van der Waals surface area contributed by atoms with E-state index in [-0.39, 0.29) is 35.5 Å². The van der Waals surface area contributed by atoms with E-state index in [1.807, 2.05) is 83.7 Å². The lowest BCUT2D eigenvalue weighted by atomic mass is 9.76. The van der Waals surface area contributed by atoms with Crippen LogP contribution in [-0.2, 0) is 13.0 Å². The van der Waals surface area contributed by atoms with Gasteiger partial charge in [0.25, 0.3) is 0 Å². The van der Waals surface area contributed by atoms with E-state index in [1.165, 1.54) is 0 Å². The molecule has 30 heavy (non-hydrogen) atoms. The highest BCUT2D eigenvalue weighted by Crippen LogP contribution is 2.40. The number of carbonyl (C=O) groups is 2. The average molecular weight is 505 g/mol. The molecule has 3 nitrogen and oxygen atoms in total. The molecule has 3 aromatic carbocycles. The number of fused-ring (bicyclic) bond motifs is 2. The van der Waals surface area contributed by atoms with Crippen molar-refractivity contribution < 1.29 is 38.1 Å². The Bertz CT molecular complexity index is 1220. The maximum Gasteiger partial charge on any atom is 0.184 e. The van der Waals surface area contributed by atoms with E-state index in [4.69, 9.17) is 0 Å². The summed E-state index contributed by atoms with van der Waals surface area (Å²) in [4.78, 5) is 27.1. The molecule has 4 heteroatoms. The Hall–Kier alpha value is -2.86. The highest BCUT2D eigenvalue weighted by Gasteiger charge is 2.55. The first-order valence-electron chi connectivity index (χ1n) is 9.78. The van der Waals surface area contributed by atoms with Crippen LogP contribution in [0.25, 0.3) is 10.8 Å². The number of hydrogen-bond acceptors (Lipinski definition) is 2.